The van der Waals surface area contributed by atoms with Gasteiger partial charge in [0.2, 0.25) is 5.95 Å². The number of hydrogen-bond acceptors (Lipinski definition) is 8. The third-order valence-electron chi connectivity index (χ3n) is 7.82. The molecule has 232 valence electrons. The predicted molar refractivity (Wildman–Crippen MR) is 173 cm³/mol. The van der Waals surface area contributed by atoms with Crippen LogP contribution >= 0.6 is 0 Å². The molecular weight excluding hydrogens is 574 g/mol. The van der Waals surface area contributed by atoms with Crippen molar-refractivity contribution < 1.29 is 17.9 Å². The van der Waals surface area contributed by atoms with Gasteiger partial charge in [0.1, 0.15) is 5.60 Å². The van der Waals surface area contributed by atoms with E-state index in [9.17, 15) is 13.2 Å². The average molecular weight is 616 g/mol. The molecule has 4 aromatic rings. The first-order chi connectivity index (χ1) is 20.9. The molecular formula is C34H41N5O4S. The van der Waals surface area contributed by atoms with Crippen molar-refractivity contribution in [2.45, 2.75) is 95.1 Å². The van der Waals surface area contributed by atoms with Crippen LogP contribution in [0.4, 0.5) is 10.7 Å². The molecule has 10 heteroatoms. The summed E-state index contributed by atoms with van der Waals surface area (Å²) >= 11 is 0. The first-order valence-electron chi connectivity index (χ1n) is 15.2. The van der Waals surface area contributed by atoms with E-state index in [1.807, 2.05) is 40.0 Å². The molecule has 2 N–H and O–H groups in total. The second-order valence-corrected chi connectivity index (χ2v) is 14.5. The second kappa shape index (κ2) is 12.9. The maximum absolute atomic E-state index is 12.9. The molecule has 0 aliphatic heterocycles. The van der Waals surface area contributed by atoms with Gasteiger partial charge in [-0.1, -0.05) is 31.2 Å². The number of hydrogen-bond donors (Lipinski definition) is 2. The fourth-order valence-corrected chi connectivity index (χ4v) is 6.95. The number of aryl methyl sites for hydroxylation is 2. The highest BCUT2D eigenvalue weighted by Crippen LogP contribution is 2.30. The Morgan fingerprint density at radius 3 is 2.34 bits per heavy atom. The van der Waals surface area contributed by atoms with Gasteiger partial charge in [-0.05, 0) is 101 Å². The van der Waals surface area contributed by atoms with Gasteiger partial charge in [0.15, 0.2) is 9.84 Å². The van der Waals surface area contributed by atoms with Crippen LogP contribution in [0.1, 0.15) is 70.3 Å². The quantitative estimate of drug-likeness (QED) is 0.222. The minimum Gasteiger partial charge on any atom is -0.444 e. The fourth-order valence-electron chi connectivity index (χ4n) is 5.66. The van der Waals surface area contributed by atoms with Crippen LogP contribution in [0.15, 0.2) is 65.7 Å². The molecule has 2 aromatic heterocycles. The van der Waals surface area contributed by atoms with Gasteiger partial charge in [-0.15, -0.1) is 0 Å². The maximum Gasteiger partial charge on any atom is 0.407 e. The summed E-state index contributed by atoms with van der Waals surface area (Å²) in [5, 5.41) is 7.43. The van der Waals surface area contributed by atoms with Crippen LogP contribution in [0.3, 0.4) is 0 Å². The van der Waals surface area contributed by atoms with Crippen LogP contribution in [0.25, 0.3) is 22.0 Å². The SMILES string of the molecule is CCc1cc(-c2ccc(CS(=O)(=O)c3ccccc3)nc2C)cc2cnc(NC3CCC(NC(=O)OC(C)(C)C)CC3)nc12. The summed E-state index contributed by atoms with van der Waals surface area (Å²) in [6.45, 7) is 9.60. The highest BCUT2D eigenvalue weighted by Gasteiger charge is 2.25. The lowest BCUT2D eigenvalue weighted by Gasteiger charge is -2.30. The zero-order chi connectivity index (χ0) is 31.5. The van der Waals surface area contributed by atoms with Gasteiger partial charge in [0, 0.05) is 34.9 Å². The summed E-state index contributed by atoms with van der Waals surface area (Å²) < 4.78 is 31.1. The van der Waals surface area contributed by atoms with Gasteiger partial charge in [-0.25, -0.2) is 23.2 Å². The third kappa shape index (κ3) is 7.72. The number of carbonyl (C=O) groups is 1. The maximum atomic E-state index is 12.9. The van der Waals surface area contributed by atoms with Gasteiger partial charge in [-0.2, -0.15) is 0 Å². The highest BCUT2D eigenvalue weighted by molar-refractivity contribution is 7.90. The molecule has 0 atom stereocenters. The zero-order valence-corrected chi connectivity index (χ0v) is 26.9. The largest absolute Gasteiger partial charge is 0.444 e. The van der Waals surface area contributed by atoms with Gasteiger partial charge in [0.25, 0.3) is 0 Å². The number of benzene rings is 2. The predicted octanol–water partition coefficient (Wildman–Crippen LogP) is 6.78. The Morgan fingerprint density at radius 1 is 0.977 bits per heavy atom. The molecule has 0 radical (unpaired) electrons. The molecule has 44 heavy (non-hydrogen) atoms. The van der Waals surface area contributed by atoms with E-state index in [-0.39, 0.29) is 23.9 Å². The first-order valence-corrected chi connectivity index (χ1v) is 16.9. The van der Waals surface area contributed by atoms with Crippen LogP contribution in [0.5, 0.6) is 0 Å². The fraction of sp³-hybridized carbons (Fsp3) is 0.412. The van der Waals surface area contributed by atoms with Crippen molar-refractivity contribution in [1.29, 1.82) is 0 Å². The molecule has 5 rings (SSSR count). The summed E-state index contributed by atoms with van der Waals surface area (Å²) in [6, 6.07) is 16.7. The molecule has 1 amide bonds. The van der Waals surface area contributed by atoms with Crippen molar-refractivity contribution in [3.63, 3.8) is 0 Å². The van der Waals surface area contributed by atoms with E-state index >= 15 is 0 Å². The molecule has 1 saturated carbocycles. The normalized spacial score (nSPS) is 17.3. The monoisotopic (exact) mass is 615 g/mol. The summed E-state index contributed by atoms with van der Waals surface area (Å²) in [4.78, 5) is 26.6. The molecule has 1 aliphatic rings. The molecule has 0 unspecified atom stereocenters. The van der Waals surface area contributed by atoms with Gasteiger partial charge < -0.3 is 15.4 Å². The Morgan fingerprint density at radius 2 is 1.68 bits per heavy atom. The Labute approximate surface area is 259 Å². The molecule has 1 fully saturated rings. The Balaban J connectivity index is 1.27. The van der Waals surface area contributed by atoms with Gasteiger partial charge in [0.05, 0.1) is 21.9 Å². The van der Waals surface area contributed by atoms with Crippen molar-refractivity contribution in [2.24, 2.45) is 0 Å². The molecule has 2 aromatic carbocycles. The van der Waals surface area contributed by atoms with E-state index in [1.54, 1.807) is 36.4 Å². The average Bonchev–Trinajstić information content (AvgIpc) is 2.97. The lowest BCUT2D eigenvalue weighted by Crippen LogP contribution is -2.42. The van der Waals surface area contributed by atoms with E-state index in [2.05, 4.69) is 39.7 Å². The molecule has 9 nitrogen and oxygen atoms in total. The molecule has 0 saturated heterocycles. The van der Waals surface area contributed by atoms with Gasteiger partial charge >= 0.3 is 6.09 Å². The number of nitrogens with one attached hydrogen (secondary N) is 2. The summed E-state index contributed by atoms with van der Waals surface area (Å²) in [5.74, 6) is 0.451. The van der Waals surface area contributed by atoms with Crippen LogP contribution < -0.4 is 10.6 Å². The number of anilines is 1. The standard InChI is InChI=1S/C34H41N5O4S/c1-6-23-18-24(30-17-16-28(36-22(30)2)21-44(41,42)29-10-8-7-9-11-29)19-25-20-35-32(39-31(23)25)37-26-12-14-27(15-13-26)38-33(40)43-34(3,4)5/h7-11,16-20,26-27H,6,12-15,21H2,1-5H3,(H,38,40)(H,35,37,39). The van der Waals surface area contributed by atoms with Crippen molar-refractivity contribution >= 4 is 32.8 Å². The number of rotatable bonds is 8. The smallest absolute Gasteiger partial charge is 0.407 e. The van der Waals surface area contributed by atoms with Crippen molar-refractivity contribution in [3.8, 4) is 11.1 Å². The van der Waals surface area contributed by atoms with E-state index < -0.39 is 15.4 Å². The van der Waals surface area contributed by atoms with Crippen molar-refractivity contribution in [1.82, 2.24) is 20.3 Å². The van der Waals surface area contributed by atoms with Crippen LogP contribution in [0, 0.1) is 6.92 Å². The number of nitrogens with zero attached hydrogens (tertiary/aromatic N) is 3. The van der Waals surface area contributed by atoms with Crippen LogP contribution in [-0.2, 0) is 26.7 Å². The third-order valence-corrected chi connectivity index (χ3v) is 9.49. The summed E-state index contributed by atoms with van der Waals surface area (Å²) in [6.07, 6.45) is 5.80. The van der Waals surface area contributed by atoms with Crippen molar-refractivity contribution in [3.05, 3.63) is 77.7 Å². The van der Waals surface area contributed by atoms with Crippen LogP contribution in [0.2, 0.25) is 0 Å². The number of alkyl carbamates (subject to hydrolysis) is 1. The number of aromatic nitrogens is 3. The zero-order valence-electron chi connectivity index (χ0n) is 26.1. The Kier molecular flexibility index (Phi) is 9.20. The number of carbonyl (C=O) groups excluding carboxylic acids is 1. The minimum atomic E-state index is -3.48. The molecule has 0 spiro atoms. The highest BCUT2D eigenvalue weighted by atomic mass is 32.2. The molecule has 2 heterocycles. The Hall–Kier alpha value is -4.05. The number of sulfone groups is 1. The van der Waals surface area contributed by atoms with Gasteiger partial charge in [-0.3, -0.25) is 4.98 Å². The number of amides is 1. The Bertz CT molecular complexity index is 1750. The van der Waals surface area contributed by atoms with E-state index in [0.717, 1.165) is 65.4 Å². The summed E-state index contributed by atoms with van der Waals surface area (Å²) in [7, 11) is -3.48. The lowest BCUT2D eigenvalue weighted by molar-refractivity contribution is 0.0492. The number of ether oxygens (including phenoxy) is 1. The van der Waals surface area contributed by atoms with Crippen molar-refractivity contribution in [2.75, 3.05) is 5.32 Å². The lowest BCUT2D eigenvalue weighted by atomic mass is 9.91. The second-order valence-electron chi connectivity index (χ2n) is 12.5. The van der Waals surface area contributed by atoms with E-state index in [1.165, 1.54) is 0 Å². The first kappa shape index (κ1) is 31.4. The van der Waals surface area contributed by atoms with E-state index in [0.29, 0.717) is 16.5 Å². The summed E-state index contributed by atoms with van der Waals surface area (Å²) in [5.41, 5.74) is 4.72. The van der Waals surface area contributed by atoms with E-state index in [4.69, 9.17) is 9.72 Å². The molecule has 1 aliphatic carbocycles. The molecule has 0 bridgehead atoms. The number of fused-ring (bicyclic) bond motifs is 1. The number of pyridine rings is 1. The minimum absolute atomic E-state index is 0.103. The topological polar surface area (TPSA) is 123 Å². The van der Waals surface area contributed by atoms with Crippen LogP contribution in [-0.4, -0.2) is 47.1 Å².